The molecule has 0 bridgehead atoms. The van der Waals surface area contributed by atoms with Crippen molar-refractivity contribution in [2.45, 2.75) is 25.7 Å². The van der Waals surface area contributed by atoms with Crippen molar-refractivity contribution >= 4 is 23.5 Å². The third-order valence-electron chi connectivity index (χ3n) is 5.54. The molecule has 1 aliphatic rings. The highest BCUT2D eigenvalue weighted by Gasteiger charge is 2.36. The molecular formula is C23H19F4N5O3. The molecule has 0 fully saturated rings. The number of imidazole rings is 1. The molecule has 35 heavy (non-hydrogen) atoms. The van der Waals surface area contributed by atoms with Gasteiger partial charge >= 0.3 is 6.18 Å². The van der Waals surface area contributed by atoms with Crippen LogP contribution < -0.4 is 16.0 Å². The second-order valence-corrected chi connectivity index (χ2v) is 7.87. The number of fused-ring (bicyclic) bond motifs is 1. The van der Waals surface area contributed by atoms with E-state index >= 15 is 0 Å². The first-order valence-corrected chi connectivity index (χ1v) is 10.4. The summed E-state index contributed by atoms with van der Waals surface area (Å²) in [4.78, 5) is 42.0. The Balaban J connectivity index is 1.83. The van der Waals surface area contributed by atoms with Crippen LogP contribution in [0.25, 0.3) is 0 Å². The number of anilines is 1. The number of carbonyl (C=O) groups excluding carboxylic acids is 3. The highest BCUT2D eigenvalue weighted by Crippen LogP contribution is 2.35. The minimum Gasteiger partial charge on any atom is -0.352 e. The van der Waals surface area contributed by atoms with Crippen molar-refractivity contribution in [1.82, 2.24) is 20.2 Å². The van der Waals surface area contributed by atoms with Crippen LogP contribution in [0.4, 0.5) is 23.4 Å². The first-order chi connectivity index (χ1) is 16.5. The van der Waals surface area contributed by atoms with E-state index in [0.29, 0.717) is 17.7 Å². The summed E-state index contributed by atoms with van der Waals surface area (Å²) in [7, 11) is 1.36. The molecule has 4 rings (SSSR count). The zero-order valence-electron chi connectivity index (χ0n) is 18.5. The number of halogens is 4. The monoisotopic (exact) mass is 489 g/mol. The van der Waals surface area contributed by atoms with Crippen molar-refractivity contribution in [2.24, 2.45) is 0 Å². The number of alkyl halides is 3. The largest absolute Gasteiger partial charge is 0.416 e. The van der Waals surface area contributed by atoms with E-state index in [9.17, 15) is 31.9 Å². The number of nitrogens with zero attached hydrogens (tertiary/aromatic N) is 2. The van der Waals surface area contributed by atoms with Gasteiger partial charge in [0.15, 0.2) is 5.82 Å². The van der Waals surface area contributed by atoms with E-state index in [1.54, 1.807) is 31.2 Å². The number of aromatic nitrogens is 2. The van der Waals surface area contributed by atoms with Crippen molar-refractivity contribution in [2.75, 3.05) is 12.4 Å². The average Bonchev–Trinajstić information content (AvgIpc) is 3.15. The number of nitrogens with one attached hydrogen (secondary N) is 3. The summed E-state index contributed by atoms with van der Waals surface area (Å²) in [5.74, 6) is -3.70. The number of hydrogen-bond donors (Lipinski definition) is 3. The summed E-state index contributed by atoms with van der Waals surface area (Å²) in [6, 6.07) is 7.72. The van der Waals surface area contributed by atoms with Crippen LogP contribution in [0.1, 0.15) is 49.4 Å². The van der Waals surface area contributed by atoms with E-state index in [0.717, 1.165) is 5.56 Å². The molecule has 2 aromatic carbocycles. The van der Waals surface area contributed by atoms with Crippen molar-refractivity contribution in [3.8, 4) is 0 Å². The standard InChI is InChI=1S/C23H19F4N5O3/c1-11-5-3-4-6-15(11)17-18-19(30-20(22(35)28-2)32(18)10-16(33)29-17)31-21(34)12-7-13(23(25,26)27)9-14(24)8-12/h3-9,17H,10H2,1-2H3,(H,28,35)(H,29,33)(H,31,34). The van der Waals surface area contributed by atoms with Gasteiger partial charge < -0.3 is 20.5 Å². The van der Waals surface area contributed by atoms with E-state index in [1.165, 1.54) is 11.6 Å². The molecule has 1 aromatic heterocycles. The van der Waals surface area contributed by atoms with Gasteiger partial charge in [0.05, 0.1) is 17.3 Å². The molecule has 0 saturated carbocycles. The predicted octanol–water partition coefficient (Wildman–Crippen LogP) is 3.18. The second-order valence-electron chi connectivity index (χ2n) is 7.87. The molecule has 0 spiro atoms. The first kappa shape index (κ1) is 23.9. The number of amides is 3. The Labute approximate surface area is 196 Å². The van der Waals surface area contributed by atoms with Crippen molar-refractivity contribution in [3.63, 3.8) is 0 Å². The zero-order valence-corrected chi connectivity index (χ0v) is 18.5. The fourth-order valence-corrected chi connectivity index (χ4v) is 3.91. The fourth-order valence-electron chi connectivity index (χ4n) is 3.91. The minimum absolute atomic E-state index is 0.153. The summed E-state index contributed by atoms with van der Waals surface area (Å²) in [5, 5.41) is 7.59. The summed E-state index contributed by atoms with van der Waals surface area (Å²) in [6.07, 6.45) is -4.86. The number of carbonyl (C=O) groups is 3. The van der Waals surface area contributed by atoms with Gasteiger partial charge in [-0.3, -0.25) is 14.4 Å². The van der Waals surface area contributed by atoms with Crippen molar-refractivity contribution in [1.29, 1.82) is 0 Å². The maximum atomic E-state index is 13.9. The molecule has 3 amide bonds. The molecule has 0 radical (unpaired) electrons. The summed E-state index contributed by atoms with van der Waals surface area (Å²) in [6.45, 7) is 1.53. The lowest BCUT2D eigenvalue weighted by Crippen LogP contribution is -2.41. The normalized spacial score (nSPS) is 15.3. The maximum Gasteiger partial charge on any atom is 0.416 e. The van der Waals surface area contributed by atoms with Crippen molar-refractivity contribution < 1.29 is 31.9 Å². The van der Waals surface area contributed by atoms with Gasteiger partial charge in [0.25, 0.3) is 11.8 Å². The van der Waals surface area contributed by atoms with Gasteiger partial charge in [-0.05, 0) is 36.2 Å². The fraction of sp³-hybridized carbons (Fsp3) is 0.217. The first-order valence-electron chi connectivity index (χ1n) is 10.4. The molecule has 0 aliphatic carbocycles. The highest BCUT2D eigenvalue weighted by atomic mass is 19.4. The van der Waals surface area contributed by atoms with Crippen LogP contribution in [0.3, 0.4) is 0 Å². The van der Waals surface area contributed by atoms with E-state index in [1.807, 2.05) is 0 Å². The van der Waals surface area contributed by atoms with Crippen LogP contribution in [0.15, 0.2) is 42.5 Å². The molecule has 3 N–H and O–H groups in total. The molecule has 3 aromatic rings. The Morgan fingerprint density at radius 2 is 1.86 bits per heavy atom. The Morgan fingerprint density at radius 3 is 2.51 bits per heavy atom. The Morgan fingerprint density at radius 1 is 1.14 bits per heavy atom. The number of benzene rings is 2. The van der Waals surface area contributed by atoms with Crippen LogP contribution in [0.5, 0.6) is 0 Å². The van der Waals surface area contributed by atoms with E-state index in [2.05, 4.69) is 20.9 Å². The second kappa shape index (κ2) is 8.85. The summed E-state index contributed by atoms with van der Waals surface area (Å²) < 4.78 is 54.5. The third kappa shape index (κ3) is 4.59. The predicted molar refractivity (Wildman–Crippen MR) is 116 cm³/mol. The molecule has 2 heterocycles. The molecule has 1 aliphatic heterocycles. The lowest BCUT2D eigenvalue weighted by molar-refractivity contribution is -0.137. The summed E-state index contributed by atoms with van der Waals surface area (Å²) >= 11 is 0. The van der Waals surface area contributed by atoms with Gasteiger partial charge in [0, 0.05) is 12.6 Å². The molecule has 8 nitrogen and oxygen atoms in total. The highest BCUT2D eigenvalue weighted by molar-refractivity contribution is 6.05. The Kier molecular flexibility index (Phi) is 6.05. The van der Waals surface area contributed by atoms with Gasteiger partial charge in [0.1, 0.15) is 12.4 Å². The maximum absolute atomic E-state index is 13.9. The van der Waals surface area contributed by atoms with Gasteiger partial charge in [0.2, 0.25) is 11.7 Å². The molecule has 12 heteroatoms. The van der Waals surface area contributed by atoms with Crippen LogP contribution in [-0.2, 0) is 17.5 Å². The van der Waals surface area contributed by atoms with Crippen LogP contribution in [0.2, 0.25) is 0 Å². The lowest BCUT2D eigenvalue weighted by atomic mass is 9.97. The number of rotatable bonds is 4. The molecule has 1 unspecified atom stereocenters. The van der Waals surface area contributed by atoms with E-state index in [4.69, 9.17) is 0 Å². The molecule has 0 saturated heterocycles. The quantitative estimate of drug-likeness (QED) is 0.490. The minimum atomic E-state index is -4.86. The number of aryl methyl sites for hydroxylation is 1. The topological polar surface area (TPSA) is 105 Å². The van der Waals surface area contributed by atoms with Crippen LogP contribution in [-0.4, -0.2) is 34.3 Å². The van der Waals surface area contributed by atoms with E-state index < -0.39 is 46.9 Å². The molecule has 182 valence electrons. The molecule has 1 atom stereocenters. The van der Waals surface area contributed by atoms with Gasteiger partial charge in [-0.25, -0.2) is 9.37 Å². The smallest absolute Gasteiger partial charge is 0.352 e. The Hall–Kier alpha value is -4.22. The van der Waals surface area contributed by atoms with Crippen LogP contribution in [0, 0.1) is 12.7 Å². The van der Waals surface area contributed by atoms with Gasteiger partial charge in [-0.15, -0.1) is 0 Å². The lowest BCUT2D eigenvalue weighted by Gasteiger charge is -2.28. The third-order valence-corrected chi connectivity index (χ3v) is 5.54. The van der Waals surface area contributed by atoms with Gasteiger partial charge in [-0.1, -0.05) is 24.3 Å². The van der Waals surface area contributed by atoms with Gasteiger partial charge in [-0.2, -0.15) is 13.2 Å². The zero-order chi connectivity index (χ0) is 25.5. The SMILES string of the molecule is CNC(=O)c1nc(NC(=O)c2cc(F)cc(C(F)(F)F)c2)c2n1CC(=O)NC2c1ccccc1C. The summed E-state index contributed by atoms with van der Waals surface area (Å²) in [5.41, 5.74) is -0.214. The van der Waals surface area contributed by atoms with Crippen molar-refractivity contribution in [3.05, 3.63) is 82.1 Å². The Bertz CT molecular complexity index is 1350. The average molecular weight is 489 g/mol. The molecular weight excluding hydrogens is 470 g/mol. The van der Waals surface area contributed by atoms with E-state index in [-0.39, 0.29) is 29.9 Å². The number of hydrogen-bond acceptors (Lipinski definition) is 4. The van der Waals surface area contributed by atoms with Crippen LogP contribution >= 0.6 is 0 Å².